The van der Waals surface area contributed by atoms with Gasteiger partial charge in [-0.3, -0.25) is 0 Å². The molecule has 0 radical (unpaired) electrons. The summed E-state index contributed by atoms with van der Waals surface area (Å²) in [6.07, 6.45) is 0. The van der Waals surface area contributed by atoms with Crippen LogP contribution in [0.3, 0.4) is 0 Å². The maximum atomic E-state index is 13.4. The first-order chi connectivity index (χ1) is 9.56. The summed E-state index contributed by atoms with van der Waals surface area (Å²) < 4.78 is 24.6. The van der Waals surface area contributed by atoms with Crippen LogP contribution < -0.4 is 15.2 Å². The quantitative estimate of drug-likeness (QED) is 0.924. The molecule has 20 heavy (non-hydrogen) atoms. The largest absolute Gasteiger partial charge is 0.497 e. The van der Waals surface area contributed by atoms with Gasteiger partial charge in [-0.05, 0) is 35.9 Å². The Kier molecular flexibility index (Phi) is 4.62. The number of nitrogens with two attached hydrogens (primary N) is 1. The van der Waals surface area contributed by atoms with E-state index >= 15 is 0 Å². The number of methoxy groups -OCH3 is 2. The lowest BCUT2D eigenvalue weighted by Gasteiger charge is -2.18. The van der Waals surface area contributed by atoms with Gasteiger partial charge >= 0.3 is 0 Å². The molecule has 1 unspecified atom stereocenters. The van der Waals surface area contributed by atoms with E-state index in [1.807, 2.05) is 6.07 Å². The molecule has 0 saturated carbocycles. The number of halogens is 2. The minimum Gasteiger partial charge on any atom is -0.497 e. The zero-order valence-corrected chi connectivity index (χ0v) is 12.8. The normalized spacial score (nSPS) is 12.1. The minimum atomic E-state index is -0.499. The predicted octanol–water partition coefficient (Wildman–Crippen LogP) is 3.65. The summed E-state index contributed by atoms with van der Waals surface area (Å²) in [7, 11) is 3.14. The molecule has 0 aliphatic rings. The minimum absolute atomic E-state index is 0.328. The van der Waals surface area contributed by atoms with E-state index in [4.69, 9.17) is 15.2 Å². The standard InChI is InChI=1S/C15H15BrFNO2/c1-19-10-4-5-11(14(8-10)20-2)15(18)12-7-9(17)3-6-13(12)16/h3-8,15H,18H2,1-2H3. The third-order valence-electron chi connectivity index (χ3n) is 3.07. The molecule has 106 valence electrons. The van der Waals surface area contributed by atoms with Gasteiger partial charge < -0.3 is 15.2 Å². The second kappa shape index (κ2) is 6.24. The Balaban J connectivity index is 2.47. The molecule has 0 saturated heterocycles. The van der Waals surface area contributed by atoms with Gasteiger partial charge in [-0.1, -0.05) is 15.9 Å². The predicted molar refractivity (Wildman–Crippen MR) is 79.7 cm³/mol. The fraction of sp³-hybridized carbons (Fsp3) is 0.200. The molecule has 0 aliphatic carbocycles. The topological polar surface area (TPSA) is 44.5 Å². The average Bonchev–Trinajstić information content (AvgIpc) is 2.48. The molecule has 2 aromatic carbocycles. The SMILES string of the molecule is COc1ccc(C(N)c2cc(F)ccc2Br)c(OC)c1. The zero-order chi connectivity index (χ0) is 14.7. The molecule has 0 aromatic heterocycles. The van der Waals surface area contributed by atoms with Crippen LogP contribution in [0.4, 0.5) is 4.39 Å². The molecular weight excluding hydrogens is 325 g/mol. The lowest BCUT2D eigenvalue weighted by Crippen LogP contribution is -2.14. The van der Waals surface area contributed by atoms with E-state index in [0.717, 1.165) is 10.0 Å². The number of hydrogen-bond donors (Lipinski definition) is 1. The van der Waals surface area contributed by atoms with E-state index < -0.39 is 6.04 Å². The Morgan fingerprint density at radius 1 is 1.05 bits per heavy atom. The van der Waals surface area contributed by atoms with Crippen LogP contribution in [0.25, 0.3) is 0 Å². The molecule has 0 spiro atoms. The first-order valence-corrected chi connectivity index (χ1v) is 6.78. The van der Waals surface area contributed by atoms with Gasteiger partial charge in [0, 0.05) is 16.1 Å². The van der Waals surface area contributed by atoms with Crippen LogP contribution in [-0.4, -0.2) is 14.2 Å². The monoisotopic (exact) mass is 339 g/mol. The van der Waals surface area contributed by atoms with Gasteiger partial charge in [0.2, 0.25) is 0 Å². The first-order valence-electron chi connectivity index (χ1n) is 5.99. The molecule has 2 rings (SSSR count). The Hall–Kier alpha value is -1.59. The van der Waals surface area contributed by atoms with Crippen molar-refractivity contribution >= 4 is 15.9 Å². The fourth-order valence-electron chi connectivity index (χ4n) is 2.00. The third-order valence-corrected chi connectivity index (χ3v) is 3.79. The number of hydrogen-bond acceptors (Lipinski definition) is 3. The first kappa shape index (κ1) is 14.8. The number of benzene rings is 2. The lowest BCUT2D eigenvalue weighted by atomic mass is 9.98. The van der Waals surface area contributed by atoms with Crippen LogP contribution in [0.15, 0.2) is 40.9 Å². The molecular formula is C15H15BrFNO2. The van der Waals surface area contributed by atoms with Crippen molar-refractivity contribution in [1.82, 2.24) is 0 Å². The molecule has 0 amide bonds. The molecule has 0 fully saturated rings. The maximum absolute atomic E-state index is 13.4. The van der Waals surface area contributed by atoms with Crippen LogP contribution in [0.1, 0.15) is 17.2 Å². The van der Waals surface area contributed by atoms with Gasteiger partial charge in [0.05, 0.1) is 20.3 Å². The molecule has 2 aromatic rings. The van der Waals surface area contributed by atoms with Gasteiger partial charge in [-0.15, -0.1) is 0 Å². The van der Waals surface area contributed by atoms with E-state index in [1.54, 1.807) is 32.4 Å². The van der Waals surface area contributed by atoms with Crippen molar-refractivity contribution in [3.63, 3.8) is 0 Å². The highest BCUT2D eigenvalue weighted by Gasteiger charge is 2.17. The van der Waals surface area contributed by atoms with Crippen molar-refractivity contribution in [2.75, 3.05) is 14.2 Å². The molecule has 3 nitrogen and oxygen atoms in total. The molecule has 1 atom stereocenters. The summed E-state index contributed by atoms with van der Waals surface area (Å²) in [4.78, 5) is 0. The van der Waals surface area contributed by atoms with Crippen molar-refractivity contribution in [2.24, 2.45) is 5.73 Å². The highest BCUT2D eigenvalue weighted by Crippen LogP contribution is 2.34. The summed E-state index contributed by atoms with van der Waals surface area (Å²) in [6, 6.07) is 9.30. The second-order valence-electron chi connectivity index (χ2n) is 4.25. The zero-order valence-electron chi connectivity index (χ0n) is 11.2. The van der Waals surface area contributed by atoms with Gasteiger partial charge in [-0.25, -0.2) is 4.39 Å². The molecule has 5 heteroatoms. The highest BCUT2D eigenvalue weighted by molar-refractivity contribution is 9.10. The van der Waals surface area contributed by atoms with Crippen molar-refractivity contribution in [2.45, 2.75) is 6.04 Å². The van der Waals surface area contributed by atoms with Gasteiger partial charge in [0.15, 0.2) is 0 Å². The number of ether oxygens (including phenoxy) is 2. The third kappa shape index (κ3) is 2.94. The molecule has 0 aliphatic heterocycles. The van der Waals surface area contributed by atoms with Crippen molar-refractivity contribution in [3.8, 4) is 11.5 Å². The van der Waals surface area contributed by atoms with E-state index in [2.05, 4.69) is 15.9 Å². The average molecular weight is 340 g/mol. The van der Waals surface area contributed by atoms with E-state index in [-0.39, 0.29) is 5.82 Å². The second-order valence-corrected chi connectivity index (χ2v) is 5.11. The van der Waals surface area contributed by atoms with Crippen molar-refractivity contribution in [3.05, 3.63) is 57.8 Å². The summed E-state index contributed by atoms with van der Waals surface area (Å²) in [5, 5.41) is 0. The van der Waals surface area contributed by atoms with E-state index in [0.29, 0.717) is 17.1 Å². The van der Waals surface area contributed by atoms with Crippen LogP contribution in [0, 0.1) is 5.82 Å². The molecule has 2 N–H and O–H groups in total. The molecule has 0 heterocycles. The van der Waals surface area contributed by atoms with Crippen molar-refractivity contribution < 1.29 is 13.9 Å². The van der Waals surface area contributed by atoms with Gasteiger partial charge in [0.1, 0.15) is 17.3 Å². The fourth-order valence-corrected chi connectivity index (χ4v) is 2.49. The Labute approximate surface area is 125 Å². The lowest BCUT2D eigenvalue weighted by molar-refractivity contribution is 0.390. The number of rotatable bonds is 4. The van der Waals surface area contributed by atoms with Crippen LogP contribution in [0.5, 0.6) is 11.5 Å². The van der Waals surface area contributed by atoms with E-state index in [9.17, 15) is 4.39 Å². The Morgan fingerprint density at radius 2 is 1.80 bits per heavy atom. The van der Waals surface area contributed by atoms with Crippen LogP contribution in [0.2, 0.25) is 0 Å². The van der Waals surface area contributed by atoms with Crippen LogP contribution in [-0.2, 0) is 0 Å². The summed E-state index contributed by atoms with van der Waals surface area (Å²) >= 11 is 3.39. The summed E-state index contributed by atoms with van der Waals surface area (Å²) in [5.41, 5.74) is 7.66. The Bertz CT molecular complexity index is 619. The maximum Gasteiger partial charge on any atom is 0.127 e. The summed E-state index contributed by atoms with van der Waals surface area (Å²) in [6.45, 7) is 0. The van der Waals surface area contributed by atoms with Crippen LogP contribution >= 0.6 is 15.9 Å². The Morgan fingerprint density at radius 3 is 2.45 bits per heavy atom. The highest BCUT2D eigenvalue weighted by atomic mass is 79.9. The smallest absolute Gasteiger partial charge is 0.127 e. The molecule has 0 bridgehead atoms. The summed E-state index contributed by atoms with van der Waals surface area (Å²) in [5.74, 6) is 0.954. The van der Waals surface area contributed by atoms with Crippen molar-refractivity contribution in [1.29, 1.82) is 0 Å². The van der Waals surface area contributed by atoms with Gasteiger partial charge in [0.25, 0.3) is 0 Å². The van der Waals surface area contributed by atoms with Gasteiger partial charge in [-0.2, -0.15) is 0 Å². The van der Waals surface area contributed by atoms with E-state index in [1.165, 1.54) is 12.1 Å².